The van der Waals surface area contributed by atoms with E-state index in [1.807, 2.05) is 12.1 Å². The van der Waals surface area contributed by atoms with Crippen LogP contribution in [0.1, 0.15) is 11.1 Å². The molecule has 1 aromatic carbocycles. The molecule has 0 aromatic heterocycles. The molecule has 0 amide bonds. The summed E-state index contributed by atoms with van der Waals surface area (Å²) in [6.07, 6.45) is 0. The number of fused-ring (bicyclic) bond motifs is 1. The fraction of sp³-hybridized carbons (Fsp3) is 0.250. The summed E-state index contributed by atoms with van der Waals surface area (Å²) in [5.41, 5.74) is 1.63. The van der Waals surface area contributed by atoms with E-state index in [1.54, 1.807) is 6.92 Å². The second-order valence-corrected chi connectivity index (χ2v) is 5.65. The molecule has 1 N–H and O–H groups in total. The van der Waals surface area contributed by atoms with E-state index in [9.17, 15) is 8.42 Å². The summed E-state index contributed by atoms with van der Waals surface area (Å²) in [5, 5.41) is 0. The Labute approximate surface area is 85.3 Å². The SMILES string of the molecule is Cc1cc(Br)cc2c1S(=O)(=O)NC2. The van der Waals surface area contributed by atoms with Gasteiger partial charge in [-0.05, 0) is 30.2 Å². The van der Waals surface area contributed by atoms with Crippen LogP contribution in [0.15, 0.2) is 21.5 Å². The second kappa shape index (κ2) is 2.80. The summed E-state index contributed by atoms with van der Waals surface area (Å²) in [4.78, 5) is 0.440. The molecule has 0 saturated carbocycles. The summed E-state index contributed by atoms with van der Waals surface area (Å²) in [6.45, 7) is 2.20. The smallest absolute Gasteiger partial charge is 0.207 e. The average molecular weight is 262 g/mol. The Morgan fingerprint density at radius 1 is 1.46 bits per heavy atom. The molecule has 0 unspecified atom stereocenters. The van der Waals surface area contributed by atoms with Crippen LogP contribution in [-0.4, -0.2) is 8.42 Å². The highest BCUT2D eigenvalue weighted by atomic mass is 79.9. The van der Waals surface area contributed by atoms with Crippen molar-refractivity contribution in [2.24, 2.45) is 0 Å². The maximum Gasteiger partial charge on any atom is 0.241 e. The minimum Gasteiger partial charge on any atom is -0.207 e. The molecule has 0 radical (unpaired) electrons. The molecule has 0 bridgehead atoms. The van der Waals surface area contributed by atoms with Crippen molar-refractivity contribution in [3.8, 4) is 0 Å². The van der Waals surface area contributed by atoms with Crippen molar-refractivity contribution in [1.29, 1.82) is 0 Å². The van der Waals surface area contributed by atoms with Crippen molar-refractivity contribution in [2.75, 3.05) is 0 Å². The van der Waals surface area contributed by atoms with Crippen LogP contribution >= 0.6 is 15.9 Å². The van der Waals surface area contributed by atoms with Gasteiger partial charge in [0.2, 0.25) is 10.0 Å². The van der Waals surface area contributed by atoms with E-state index in [0.29, 0.717) is 11.4 Å². The van der Waals surface area contributed by atoms with Crippen molar-refractivity contribution in [3.05, 3.63) is 27.7 Å². The normalized spacial score (nSPS) is 18.6. The fourth-order valence-corrected chi connectivity index (χ4v) is 3.63. The van der Waals surface area contributed by atoms with Crippen molar-refractivity contribution in [3.63, 3.8) is 0 Å². The molecule has 3 nitrogen and oxygen atoms in total. The Bertz CT molecular complexity index is 467. The van der Waals surface area contributed by atoms with E-state index in [4.69, 9.17) is 0 Å². The van der Waals surface area contributed by atoms with E-state index in [1.165, 1.54) is 0 Å². The number of sulfonamides is 1. The number of nitrogens with one attached hydrogen (secondary N) is 1. The highest BCUT2D eigenvalue weighted by molar-refractivity contribution is 9.10. The monoisotopic (exact) mass is 261 g/mol. The quantitative estimate of drug-likeness (QED) is 0.771. The van der Waals surface area contributed by atoms with Crippen molar-refractivity contribution in [1.82, 2.24) is 4.72 Å². The summed E-state index contributed by atoms with van der Waals surface area (Å²) in [5.74, 6) is 0. The van der Waals surface area contributed by atoms with E-state index >= 15 is 0 Å². The lowest BCUT2D eigenvalue weighted by molar-refractivity contribution is 0.589. The largest absolute Gasteiger partial charge is 0.241 e. The van der Waals surface area contributed by atoms with Crippen LogP contribution in [-0.2, 0) is 16.6 Å². The highest BCUT2D eigenvalue weighted by Gasteiger charge is 2.27. The zero-order valence-electron chi connectivity index (χ0n) is 6.96. The molecule has 0 atom stereocenters. The first kappa shape index (κ1) is 9.18. The van der Waals surface area contributed by atoms with Gasteiger partial charge >= 0.3 is 0 Å². The molecule has 1 aliphatic heterocycles. The number of benzene rings is 1. The fourth-order valence-electron chi connectivity index (χ4n) is 1.56. The number of hydrogen-bond acceptors (Lipinski definition) is 2. The highest BCUT2D eigenvalue weighted by Crippen LogP contribution is 2.29. The maximum atomic E-state index is 11.5. The number of rotatable bonds is 0. The first-order valence-electron chi connectivity index (χ1n) is 3.79. The third-order valence-corrected chi connectivity index (χ3v) is 4.14. The van der Waals surface area contributed by atoms with Crippen LogP contribution in [0.3, 0.4) is 0 Å². The number of aryl methyl sites for hydroxylation is 1. The van der Waals surface area contributed by atoms with Gasteiger partial charge in [0.05, 0.1) is 4.90 Å². The molecule has 1 aliphatic rings. The molecular formula is C8H8BrNO2S. The summed E-state index contributed by atoms with van der Waals surface area (Å²) >= 11 is 3.33. The summed E-state index contributed by atoms with van der Waals surface area (Å²) in [7, 11) is -3.22. The van der Waals surface area contributed by atoms with Gasteiger partial charge in [-0.2, -0.15) is 0 Å². The van der Waals surface area contributed by atoms with Gasteiger partial charge in [0, 0.05) is 11.0 Å². The Balaban J connectivity index is 2.80. The van der Waals surface area contributed by atoms with E-state index in [0.717, 1.165) is 15.6 Å². The van der Waals surface area contributed by atoms with Crippen molar-refractivity contribution in [2.45, 2.75) is 18.4 Å². The molecule has 70 valence electrons. The first-order chi connectivity index (χ1) is 6.00. The zero-order chi connectivity index (χ0) is 9.64. The molecular weight excluding hydrogens is 254 g/mol. The summed E-state index contributed by atoms with van der Waals surface area (Å²) in [6, 6.07) is 3.64. The lowest BCUT2D eigenvalue weighted by Gasteiger charge is -2.02. The Morgan fingerprint density at radius 3 is 2.85 bits per heavy atom. The molecule has 0 aliphatic carbocycles. The Morgan fingerprint density at radius 2 is 2.15 bits per heavy atom. The lowest BCUT2D eigenvalue weighted by Crippen LogP contribution is -2.14. The zero-order valence-corrected chi connectivity index (χ0v) is 9.37. The van der Waals surface area contributed by atoms with Gasteiger partial charge in [-0.1, -0.05) is 15.9 Å². The van der Waals surface area contributed by atoms with Gasteiger partial charge in [-0.25, -0.2) is 13.1 Å². The van der Waals surface area contributed by atoms with E-state index < -0.39 is 10.0 Å². The molecule has 0 saturated heterocycles. The second-order valence-electron chi connectivity index (χ2n) is 3.04. The molecule has 2 rings (SSSR count). The van der Waals surface area contributed by atoms with Gasteiger partial charge < -0.3 is 0 Å². The van der Waals surface area contributed by atoms with Crippen molar-refractivity contribution >= 4 is 26.0 Å². The van der Waals surface area contributed by atoms with Gasteiger partial charge in [-0.15, -0.1) is 0 Å². The number of halogens is 1. The molecule has 13 heavy (non-hydrogen) atoms. The number of hydrogen-bond donors (Lipinski definition) is 1. The van der Waals surface area contributed by atoms with Crippen LogP contribution < -0.4 is 4.72 Å². The Hall–Kier alpha value is -0.390. The Kier molecular flexibility index (Phi) is 1.98. The van der Waals surface area contributed by atoms with E-state index in [-0.39, 0.29) is 0 Å². The van der Waals surface area contributed by atoms with Gasteiger partial charge in [-0.3, -0.25) is 0 Å². The molecule has 5 heteroatoms. The van der Waals surface area contributed by atoms with Crippen LogP contribution in [0, 0.1) is 6.92 Å². The topological polar surface area (TPSA) is 46.2 Å². The molecule has 1 aromatic rings. The van der Waals surface area contributed by atoms with Crippen LogP contribution in [0.25, 0.3) is 0 Å². The average Bonchev–Trinajstić information content (AvgIpc) is 2.26. The van der Waals surface area contributed by atoms with Gasteiger partial charge in [0.1, 0.15) is 0 Å². The maximum absolute atomic E-state index is 11.5. The molecule has 1 heterocycles. The van der Waals surface area contributed by atoms with E-state index in [2.05, 4.69) is 20.7 Å². The van der Waals surface area contributed by atoms with Crippen LogP contribution in [0.2, 0.25) is 0 Å². The first-order valence-corrected chi connectivity index (χ1v) is 6.07. The minimum absolute atomic E-state index is 0.401. The van der Waals surface area contributed by atoms with Gasteiger partial charge in [0.15, 0.2) is 0 Å². The van der Waals surface area contributed by atoms with Gasteiger partial charge in [0.25, 0.3) is 0 Å². The lowest BCUT2D eigenvalue weighted by atomic mass is 10.1. The standard InChI is InChI=1S/C8H8BrNO2S/c1-5-2-7(9)3-6-4-10-13(11,12)8(5)6/h2-3,10H,4H2,1H3. The molecule has 0 spiro atoms. The predicted molar refractivity (Wildman–Crippen MR) is 52.9 cm³/mol. The van der Waals surface area contributed by atoms with Crippen LogP contribution in [0.5, 0.6) is 0 Å². The third-order valence-electron chi connectivity index (χ3n) is 2.04. The molecule has 0 fully saturated rings. The predicted octanol–water partition coefficient (Wildman–Crippen LogP) is 1.55. The minimum atomic E-state index is -3.22. The van der Waals surface area contributed by atoms with Crippen LogP contribution in [0.4, 0.5) is 0 Å². The van der Waals surface area contributed by atoms with Crippen molar-refractivity contribution < 1.29 is 8.42 Å². The summed E-state index contributed by atoms with van der Waals surface area (Å²) < 4.78 is 26.3. The third kappa shape index (κ3) is 1.41.